The van der Waals surface area contributed by atoms with Gasteiger partial charge in [-0.05, 0) is 6.07 Å². The van der Waals surface area contributed by atoms with Gasteiger partial charge in [0.15, 0.2) is 5.78 Å². The highest BCUT2D eigenvalue weighted by Gasteiger charge is 2.18. The molecule has 0 unspecified atom stereocenters. The van der Waals surface area contributed by atoms with Gasteiger partial charge in [0.1, 0.15) is 5.84 Å². The van der Waals surface area contributed by atoms with Crippen LogP contribution in [0, 0.1) is 10.1 Å². The Bertz CT molecular complexity index is 745. The minimum absolute atomic E-state index is 0.00401. The van der Waals surface area contributed by atoms with E-state index in [0.717, 1.165) is 0 Å². The zero-order valence-corrected chi connectivity index (χ0v) is 12.2. The van der Waals surface area contributed by atoms with Crippen LogP contribution in [0.4, 0.5) is 11.4 Å². The van der Waals surface area contributed by atoms with Gasteiger partial charge in [0.2, 0.25) is 0 Å². The first-order valence-electron chi connectivity index (χ1n) is 6.30. The number of hydrogen-bond donors (Lipinski definition) is 1. The fraction of sp³-hybridized carbons (Fsp3) is 0.0667. The average Bonchev–Trinajstić information content (AvgIpc) is 2.55. The Balaban J connectivity index is 2.57. The molecule has 2 aromatic rings. The molecule has 2 rings (SSSR count). The van der Waals surface area contributed by atoms with Gasteiger partial charge in [-0.1, -0.05) is 30.3 Å². The molecule has 0 saturated carbocycles. The Morgan fingerprint density at radius 1 is 1.23 bits per heavy atom. The van der Waals surface area contributed by atoms with E-state index in [1.807, 2.05) is 0 Å². The van der Waals surface area contributed by atoms with Crippen molar-refractivity contribution in [3.05, 3.63) is 69.8 Å². The second kappa shape index (κ2) is 6.82. The van der Waals surface area contributed by atoms with Gasteiger partial charge in [-0.15, -0.1) is 11.6 Å². The van der Waals surface area contributed by atoms with Crippen LogP contribution in [0.1, 0.15) is 15.9 Å². The number of non-ortho nitro benzene ring substituents is 1. The fourth-order valence-corrected chi connectivity index (χ4v) is 1.91. The molecule has 0 fully saturated rings. The quantitative estimate of drug-likeness (QED) is 0.229. The van der Waals surface area contributed by atoms with E-state index in [1.54, 1.807) is 30.3 Å². The molecule has 6 nitrogen and oxygen atoms in total. The molecule has 0 aromatic heterocycles. The van der Waals surface area contributed by atoms with Crippen molar-refractivity contribution in [3.63, 3.8) is 0 Å². The Morgan fingerprint density at radius 3 is 2.50 bits per heavy atom. The van der Waals surface area contributed by atoms with Crippen LogP contribution in [0.2, 0.25) is 0 Å². The van der Waals surface area contributed by atoms with Gasteiger partial charge < -0.3 is 5.73 Å². The van der Waals surface area contributed by atoms with Crippen molar-refractivity contribution < 1.29 is 9.72 Å². The minimum Gasteiger partial charge on any atom is -0.386 e. The summed E-state index contributed by atoms with van der Waals surface area (Å²) in [5.74, 6) is -0.251. The number of hydrogen-bond acceptors (Lipinski definition) is 4. The molecule has 0 bridgehead atoms. The summed E-state index contributed by atoms with van der Waals surface area (Å²) in [6.07, 6.45) is 0. The number of rotatable bonds is 5. The molecule has 0 aliphatic heterocycles. The maximum absolute atomic E-state index is 12.5. The van der Waals surface area contributed by atoms with E-state index in [9.17, 15) is 14.9 Å². The van der Waals surface area contributed by atoms with Gasteiger partial charge in [0.05, 0.1) is 22.1 Å². The number of nitro benzene ring substituents is 1. The number of carbonyl (C=O) groups excluding carboxylic acids is 1. The lowest BCUT2D eigenvalue weighted by atomic mass is 10.0. The van der Waals surface area contributed by atoms with Crippen LogP contribution in [0.25, 0.3) is 0 Å². The molecule has 0 spiro atoms. The molecule has 7 heteroatoms. The van der Waals surface area contributed by atoms with Gasteiger partial charge in [-0.2, -0.15) is 0 Å². The summed E-state index contributed by atoms with van der Waals surface area (Å²) in [6, 6.07) is 12.3. The third kappa shape index (κ3) is 3.48. The molecule has 22 heavy (non-hydrogen) atoms. The van der Waals surface area contributed by atoms with Crippen LogP contribution in [0.3, 0.4) is 0 Å². The SMILES string of the molecule is NC(CCl)=Nc1ccc([N+](=O)[O-])cc1C(=O)c1ccccc1. The highest BCUT2D eigenvalue weighted by atomic mass is 35.5. The minimum atomic E-state index is -0.569. The number of aliphatic imine (C=N–C) groups is 1. The number of amidine groups is 1. The molecule has 0 atom stereocenters. The fourth-order valence-electron chi connectivity index (χ4n) is 1.85. The summed E-state index contributed by atoms with van der Waals surface area (Å²) in [5, 5.41) is 10.9. The lowest BCUT2D eigenvalue weighted by Crippen LogP contribution is -2.13. The first-order valence-corrected chi connectivity index (χ1v) is 6.83. The van der Waals surface area contributed by atoms with Crippen LogP contribution >= 0.6 is 11.6 Å². The lowest BCUT2D eigenvalue weighted by molar-refractivity contribution is -0.384. The van der Waals surface area contributed by atoms with Crippen LogP contribution < -0.4 is 5.73 Å². The van der Waals surface area contributed by atoms with Crippen LogP contribution in [0.15, 0.2) is 53.5 Å². The van der Waals surface area contributed by atoms with Gasteiger partial charge in [-0.25, -0.2) is 4.99 Å². The monoisotopic (exact) mass is 317 g/mol. The third-order valence-corrected chi connectivity index (χ3v) is 3.15. The molecule has 2 N–H and O–H groups in total. The Labute approximate surface area is 131 Å². The summed E-state index contributed by atoms with van der Waals surface area (Å²) < 4.78 is 0. The summed E-state index contributed by atoms with van der Waals surface area (Å²) in [5.41, 5.74) is 6.15. The number of nitro groups is 1. The molecular weight excluding hydrogens is 306 g/mol. The van der Waals surface area contributed by atoms with Crippen molar-refractivity contribution in [1.29, 1.82) is 0 Å². The predicted octanol–water partition coefficient (Wildman–Crippen LogP) is 3.05. The zero-order valence-electron chi connectivity index (χ0n) is 11.4. The Hall–Kier alpha value is -2.73. The zero-order chi connectivity index (χ0) is 16.1. The summed E-state index contributed by atoms with van der Waals surface area (Å²) in [4.78, 5) is 26.9. The molecular formula is C15H12ClN3O3. The molecule has 0 aliphatic carbocycles. The second-order valence-corrected chi connectivity index (χ2v) is 4.66. The lowest BCUT2D eigenvalue weighted by Gasteiger charge is -2.06. The van der Waals surface area contributed by atoms with Crippen molar-refractivity contribution in [3.8, 4) is 0 Å². The van der Waals surface area contributed by atoms with Gasteiger partial charge in [0, 0.05) is 17.7 Å². The summed E-state index contributed by atoms with van der Waals surface area (Å²) >= 11 is 5.58. The molecule has 0 saturated heterocycles. The van der Waals surface area contributed by atoms with Crippen molar-refractivity contribution in [1.82, 2.24) is 0 Å². The normalized spacial score (nSPS) is 11.2. The number of nitrogens with two attached hydrogens (primary N) is 1. The standard InChI is InChI=1S/C15H12ClN3O3/c16-9-14(17)18-13-7-6-11(19(21)22)8-12(13)15(20)10-4-2-1-3-5-10/h1-8H,9H2,(H2,17,18). The maximum Gasteiger partial charge on any atom is 0.270 e. The van der Waals surface area contributed by atoms with Crippen LogP contribution in [-0.4, -0.2) is 22.4 Å². The van der Waals surface area contributed by atoms with E-state index in [-0.39, 0.29) is 34.4 Å². The molecule has 0 aliphatic rings. The number of nitrogens with zero attached hydrogens (tertiary/aromatic N) is 2. The molecule has 0 radical (unpaired) electrons. The summed E-state index contributed by atoms with van der Waals surface area (Å²) in [6.45, 7) is 0. The van der Waals surface area contributed by atoms with Crippen LogP contribution in [0.5, 0.6) is 0 Å². The number of benzene rings is 2. The maximum atomic E-state index is 12.5. The van der Waals surface area contributed by atoms with E-state index >= 15 is 0 Å². The third-order valence-electron chi connectivity index (χ3n) is 2.87. The molecule has 0 amide bonds. The highest BCUT2D eigenvalue weighted by Crippen LogP contribution is 2.27. The van der Waals surface area contributed by atoms with Gasteiger partial charge in [-0.3, -0.25) is 14.9 Å². The number of carbonyl (C=O) groups is 1. The van der Waals surface area contributed by atoms with Crippen molar-refractivity contribution in [2.24, 2.45) is 10.7 Å². The molecule has 0 heterocycles. The van der Waals surface area contributed by atoms with Gasteiger partial charge in [0.25, 0.3) is 5.69 Å². The Morgan fingerprint density at radius 2 is 1.91 bits per heavy atom. The first kappa shape index (κ1) is 15.7. The number of alkyl halides is 1. The van der Waals surface area contributed by atoms with Crippen molar-refractivity contribution in [2.75, 3.05) is 5.88 Å². The topological polar surface area (TPSA) is 98.6 Å². The molecule has 2 aromatic carbocycles. The van der Waals surface area contributed by atoms with Gasteiger partial charge >= 0.3 is 0 Å². The number of ketones is 1. The van der Waals surface area contributed by atoms with E-state index in [1.165, 1.54) is 18.2 Å². The summed E-state index contributed by atoms with van der Waals surface area (Å²) in [7, 11) is 0. The van der Waals surface area contributed by atoms with E-state index in [2.05, 4.69) is 4.99 Å². The second-order valence-electron chi connectivity index (χ2n) is 4.39. The van der Waals surface area contributed by atoms with Crippen molar-refractivity contribution >= 4 is 34.6 Å². The number of halogens is 1. The highest BCUT2D eigenvalue weighted by molar-refractivity contribution is 6.28. The predicted molar refractivity (Wildman–Crippen MR) is 85.0 cm³/mol. The average molecular weight is 318 g/mol. The Kier molecular flexibility index (Phi) is 4.85. The molecule has 112 valence electrons. The van der Waals surface area contributed by atoms with E-state index < -0.39 is 4.92 Å². The first-order chi connectivity index (χ1) is 10.5. The van der Waals surface area contributed by atoms with Crippen LogP contribution in [-0.2, 0) is 0 Å². The van der Waals surface area contributed by atoms with E-state index in [0.29, 0.717) is 5.56 Å². The smallest absolute Gasteiger partial charge is 0.270 e. The van der Waals surface area contributed by atoms with E-state index in [4.69, 9.17) is 17.3 Å². The largest absolute Gasteiger partial charge is 0.386 e. The van der Waals surface area contributed by atoms with Crippen molar-refractivity contribution in [2.45, 2.75) is 0 Å².